The standard InChI is InChI=1S/C11H11ClFN3/c1-16-5-4-9(15-16)7-14-8-2-3-11(13)10(12)6-8/h2-6,14H,7H2,1H3. The number of benzene rings is 1. The molecule has 2 aromatic rings. The van der Waals surface area contributed by atoms with E-state index < -0.39 is 5.82 Å². The van der Waals surface area contributed by atoms with Gasteiger partial charge in [-0.2, -0.15) is 5.10 Å². The van der Waals surface area contributed by atoms with Crippen molar-refractivity contribution in [3.05, 3.63) is 47.0 Å². The molecule has 0 radical (unpaired) electrons. The normalized spacial score (nSPS) is 10.4. The molecule has 2 rings (SSSR count). The smallest absolute Gasteiger partial charge is 0.141 e. The molecule has 1 heterocycles. The van der Waals surface area contributed by atoms with Crippen LogP contribution in [-0.4, -0.2) is 9.78 Å². The first-order valence-corrected chi connectivity index (χ1v) is 5.20. The number of aromatic nitrogens is 2. The minimum absolute atomic E-state index is 0.117. The summed E-state index contributed by atoms with van der Waals surface area (Å²) in [5, 5.41) is 7.44. The summed E-state index contributed by atoms with van der Waals surface area (Å²) < 4.78 is 14.6. The van der Waals surface area contributed by atoms with E-state index in [0.29, 0.717) is 6.54 Å². The molecule has 1 N–H and O–H groups in total. The summed E-state index contributed by atoms with van der Waals surface area (Å²) in [7, 11) is 1.86. The van der Waals surface area contributed by atoms with Crippen LogP contribution in [0.4, 0.5) is 10.1 Å². The zero-order valence-electron chi connectivity index (χ0n) is 8.74. The van der Waals surface area contributed by atoms with Gasteiger partial charge in [0.15, 0.2) is 0 Å². The van der Waals surface area contributed by atoms with Gasteiger partial charge in [-0.05, 0) is 24.3 Å². The number of rotatable bonds is 3. The second kappa shape index (κ2) is 4.53. The van der Waals surface area contributed by atoms with Gasteiger partial charge in [-0.3, -0.25) is 4.68 Å². The molecule has 0 fully saturated rings. The van der Waals surface area contributed by atoms with Crippen LogP contribution in [0.25, 0.3) is 0 Å². The van der Waals surface area contributed by atoms with Crippen molar-refractivity contribution in [2.45, 2.75) is 6.54 Å². The second-order valence-electron chi connectivity index (χ2n) is 3.46. The molecule has 0 saturated carbocycles. The number of aryl methyl sites for hydroxylation is 1. The Morgan fingerprint density at radius 2 is 2.25 bits per heavy atom. The Hall–Kier alpha value is -1.55. The molecule has 0 atom stereocenters. The van der Waals surface area contributed by atoms with E-state index in [9.17, 15) is 4.39 Å². The average molecular weight is 240 g/mol. The molecule has 5 heteroatoms. The topological polar surface area (TPSA) is 29.9 Å². The number of nitrogens with one attached hydrogen (secondary N) is 1. The lowest BCUT2D eigenvalue weighted by atomic mass is 10.3. The number of halogens is 2. The van der Waals surface area contributed by atoms with E-state index in [4.69, 9.17) is 11.6 Å². The number of hydrogen-bond acceptors (Lipinski definition) is 2. The molecule has 16 heavy (non-hydrogen) atoms. The summed E-state index contributed by atoms with van der Waals surface area (Å²) in [6.07, 6.45) is 1.87. The van der Waals surface area contributed by atoms with Crippen LogP contribution in [0.15, 0.2) is 30.5 Å². The number of anilines is 1. The molecular formula is C11H11ClFN3. The quantitative estimate of drug-likeness (QED) is 0.893. The molecule has 0 aliphatic rings. The first-order chi connectivity index (χ1) is 7.65. The van der Waals surface area contributed by atoms with Crippen molar-refractivity contribution in [3.8, 4) is 0 Å². The van der Waals surface area contributed by atoms with E-state index in [0.717, 1.165) is 11.4 Å². The molecule has 84 valence electrons. The molecule has 0 aliphatic carbocycles. The third kappa shape index (κ3) is 2.52. The van der Waals surface area contributed by atoms with E-state index in [1.165, 1.54) is 6.07 Å². The molecule has 0 spiro atoms. The van der Waals surface area contributed by atoms with Gasteiger partial charge in [-0.25, -0.2) is 4.39 Å². The molecular weight excluding hydrogens is 229 g/mol. The fourth-order valence-corrected chi connectivity index (χ4v) is 1.54. The molecule has 0 aliphatic heterocycles. The highest BCUT2D eigenvalue weighted by atomic mass is 35.5. The van der Waals surface area contributed by atoms with E-state index >= 15 is 0 Å². The Morgan fingerprint density at radius 3 is 2.88 bits per heavy atom. The Balaban J connectivity index is 2.02. The third-order valence-electron chi connectivity index (χ3n) is 2.16. The zero-order valence-corrected chi connectivity index (χ0v) is 9.50. The van der Waals surface area contributed by atoms with Crippen LogP contribution in [-0.2, 0) is 13.6 Å². The van der Waals surface area contributed by atoms with Gasteiger partial charge >= 0.3 is 0 Å². The van der Waals surface area contributed by atoms with Crippen LogP contribution in [0.2, 0.25) is 5.02 Å². The second-order valence-corrected chi connectivity index (χ2v) is 3.87. The lowest BCUT2D eigenvalue weighted by Gasteiger charge is -2.04. The summed E-state index contributed by atoms with van der Waals surface area (Å²) in [6, 6.07) is 6.45. The van der Waals surface area contributed by atoms with Gasteiger partial charge in [0, 0.05) is 18.9 Å². The average Bonchev–Trinajstić information content (AvgIpc) is 2.66. The van der Waals surface area contributed by atoms with Gasteiger partial charge < -0.3 is 5.32 Å². The highest BCUT2D eigenvalue weighted by Crippen LogP contribution is 2.19. The molecule has 1 aromatic carbocycles. The van der Waals surface area contributed by atoms with Crippen LogP contribution >= 0.6 is 11.6 Å². The summed E-state index contributed by atoms with van der Waals surface area (Å²) in [4.78, 5) is 0. The van der Waals surface area contributed by atoms with Crippen molar-refractivity contribution in [3.63, 3.8) is 0 Å². The Morgan fingerprint density at radius 1 is 1.44 bits per heavy atom. The zero-order chi connectivity index (χ0) is 11.5. The minimum Gasteiger partial charge on any atom is -0.379 e. The van der Waals surface area contributed by atoms with Crippen LogP contribution < -0.4 is 5.32 Å². The lowest BCUT2D eigenvalue weighted by Crippen LogP contribution is -2.01. The maximum atomic E-state index is 12.9. The van der Waals surface area contributed by atoms with Gasteiger partial charge in [0.1, 0.15) is 5.82 Å². The van der Waals surface area contributed by atoms with E-state index in [1.807, 2.05) is 19.3 Å². The third-order valence-corrected chi connectivity index (χ3v) is 2.45. The Labute approximate surface area is 97.8 Å². The molecule has 0 unspecified atom stereocenters. The molecule has 0 amide bonds. The van der Waals surface area contributed by atoms with Gasteiger partial charge in [0.25, 0.3) is 0 Å². The van der Waals surface area contributed by atoms with Crippen LogP contribution in [0.3, 0.4) is 0 Å². The monoisotopic (exact) mass is 239 g/mol. The first-order valence-electron chi connectivity index (χ1n) is 4.82. The maximum absolute atomic E-state index is 12.9. The van der Waals surface area contributed by atoms with Gasteiger partial charge in [-0.15, -0.1) is 0 Å². The van der Waals surface area contributed by atoms with Gasteiger partial charge in [-0.1, -0.05) is 11.6 Å². The minimum atomic E-state index is -0.412. The summed E-state index contributed by atoms with van der Waals surface area (Å²) >= 11 is 5.66. The molecule has 1 aromatic heterocycles. The molecule has 0 saturated heterocycles. The number of nitrogens with zero attached hydrogens (tertiary/aromatic N) is 2. The van der Waals surface area contributed by atoms with E-state index in [2.05, 4.69) is 10.4 Å². The summed E-state index contributed by atoms with van der Waals surface area (Å²) in [6.45, 7) is 0.586. The Kier molecular flexibility index (Phi) is 3.10. The number of hydrogen-bond donors (Lipinski definition) is 1. The predicted molar refractivity (Wildman–Crippen MR) is 61.9 cm³/mol. The van der Waals surface area contributed by atoms with Crippen molar-refractivity contribution in [1.29, 1.82) is 0 Å². The van der Waals surface area contributed by atoms with Crippen molar-refractivity contribution >= 4 is 17.3 Å². The largest absolute Gasteiger partial charge is 0.379 e. The van der Waals surface area contributed by atoms with E-state index in [-0.39, 0.29) is 5.02 Å². The summed E-state index contributed by atoms with van der Waals surface area (Å²) in [5.41, 5.74) is 1.69. The van der Waals surface area contributed by atoms with Crippen LogP contribution in [0.5, 0.6) is 0 Å². The van der Waals surface area contributed by atoms with Crippen molar-refractivity contribution in [2.75, 3.05) is 5.32 Å². The summed E-state index contributed by atoms with van der Waals surface area (Å²) in [5.74, 6) is -0.412. The van der Waals surface area contributed by atoms with Crippen LogP contribution in [0, 0.1) is 5.82 Å². The van der Waals surface area contributed by atoms with Crippen molar-refractivity contribution in [1.82, 2.24) is 9.78 Å². The first kappa shape index (κ1) is 11.0. The van der Waals surface area contributed by atoms with Crippen LogP contribution in [0.1, 0.15) is 5.69 Å². The Bertz CT molecular complexity index is 496. The highest BCUT2D eigenvalue weighted by Gasteiger charge is 2.01. The highest BCUT2D eigenvalue weighted by molar-refractivity contribution is 6.31. The van der Waals surface area contributed by atoms with E-state index in [1.54, 1.807) is 16.8 Å². The molecule has 0 bridgehead atoms. The van der Waals surface area contributed by atoms with Crippen molar-refractivity contribution < 1.29 is 4.39 Å². The lowest BCUT2D eigenvalue weighted by molar-refractivity contribution is 0.628. The maximum Gasteiger partial charge on any atom is 0.141 e. The fraction of sp³-hybridized carbons (Fsp3) is 0.182. The van der Waals surface area contributed by atoms with Crippen molar-refractivity contribution in [2.24, 2.45) is 7.05 Å². The van der Waals surface area contributed by atoms with Gasteiger partial charge in [0.05, 0.1) is 17.3 Å². The van der Waals surface area contributed by atoms with Gasteiger partial charge in [0.2, 0.25) is 0 Å². The molecule has 3 nitrogen and oxygen atoms in total. The SMILES string of the molecule is Cn1ccc(CNc2ccc(F)c(Cl)c2)n1. The predicted octanol–water partition coefficient (Wildman–Crippen LogP) is 2.82. The fourth-order valence-electron chi connectivity index (χ4n) is 1.36.